The number of nitrogens with zero attached hydrogens (tertiary/aromatic N) is 3. The maximum absolute atomic E-state index is 12.7. The number of aromatic nitrogens is 1. The van der Waals surface area contributed by atoms with Crippen molar-refractivity contribution >= 4 is 39.9 Å². The highest BCUT2D eigenvalue weighted by atomic mass is 35.5. The summed E-state index contributed by atoms with van der Waals surface area (Å²) >= 11 is 7.73. The highest BCUT2D eigenvalue weighted by Gasteiger charge is 2.29. The molecule has 1 fully saturated rings. The summed E-state index contributed by atoms with van der Waals surface area (Å²) in [5, 5.41) is 4.77. The van der Waals surface area contributed by atoms with Crippen LogP contribution < -0.4 is 10.2 Å². The van der Waals surface area contributed by atoms with Crippen molar-refractivity contribution in [3.8, 4) is 0 Å². The lowest BCUT2D eigenvalue weighted by molar-refractivity contribution is -0.131. The van der Waals surface area contributed by atoms with Crippen LogP contribution in [-0.2, 0) is 29.0 Å². The van der Waals surface area contributed by atoms with Crippen LogP contribution in [0.3, 0.4) is 0 Å². The molecular formula is C22H27ClN4O2S. The number of piperazine rings is 1. The van der Waals surface area contributed by atoms with Crippen molar-refractivity contribution in [1.29, 1.82) is 0 Å². The first-order chi connectivity index (χ1) is 14.5. The average Bonchev–Trinajstić information content (AvgIpc) is 3.20. The Morgan fingerprint density at radius 1 is 1.27 bits per heavy atom. The van der Waals surface area contributed by atoms with E-state index in [2.05, 4.69) is 10.2 Å². The van der Waals surface area contributed by atoms with Crippen LogP contribution in [0.25, 0.3) is 0 Å². The molecule has 0 unspecified atom stereocenters. The molecule has 160 valence electrons. The van der Waals surface area contributed by atoms with Crippen LogP contribution in [0.1, 0.15) is 35.9 Å². The van der Waals surface area contributed by atoms with Gasteiger partial charge in [0.05, 0.1) is 5.69 Å². The minimum Gasteiger partial charge on any atom is -0.352 e. The number of hydrogen-bond donors (Lipinski definition) is 1. The number of benzene rings is 1. The van der Waals surface area contributed by atoms with Crippen LogP contribution in [-0.4, -0.2) is 47.9 Å². The van der Waals surface area contributed by atoms with Gasteiger partial charge < -0.3 is 15.1 Å². The van der Waals surface area contributed by atoms with Gasteiger partial charge in [0.25, 0.3) is 0 Å². The van der Waals surface area contributed by atoms with E-state index in [1.165, 1.54) is 4.88 Å². The van der Waals surface area contributed by atoms with E-state index in [1.54, 1.807) is 11.3 Å². The maximum atomic E-state index is 12.7. The lowest BCUT2D eigenvalue weighted by Gasteiger charge is -2.34. The van der Waals surface area contributed by atoms with E-state index in [4.69, 9.17) is 16.6 Å². The van der Waals surface area contributed by atoms with Gasteiger partial charge in [-0.1, -0.05) is 30.7 Å². The summed E-state index contributed by atoms with van der Waals surface area (Å²) in [5.41, 5.74) is 2.15. The number of nitrogens with one attached hydrogen (secondary N) is 1. The van der Waals surface area contributed by atoms with Gasteiger partial charge in [-0.05, 0) is 37.0 Å². The summed E-state index contributed by atoms with van der Waals surface area (Å²) < 4.78 is 0. The van der Waals surface area contributed by atoms with Crippen LogP contribution in [0.15, 0.2) is 24.3 Å². The summed E-state index contributed by atoms with van der Waals surface area (Å²) in [5.74, 6) is 0.311. The van der Waals surface area contributed by atoms with E-state index < -0.39 is 0 Å². The summed E-state index contributed by atoms with van der Waals surface area (Å²) in [4.78, 5) is 34.9. The molecule has 4 rings (SSSR count). The standard InChI is InChI=1S/C22H27ClN4O2S/c1-2-20(28)26-8-10-27(11-9-26)22-25-18-7-6-16(13-19(18)30-22)21(29)24-14-15-4-3-5-17(23)12-15/h3-5,12,16H,2,6-11,13-14H2,1H3,(H,24,29)/t16-/m0/s1. The zero-order valence-corrected chi connectivity index (χ0v) is 18.8. The van der Waals surface area contributed by atoms with Gasteiger partial charge in [0.1, 0.15) is 0 Å². The van der Waals surface area contributed by atoms with Crippen molar-refractivity contribution in [2.24, 2.45) is 5.92 Å². The molecule has 2 aromatic rings. The second kappa shape index (κ2) is 9.35. The molecule has 2 amide bonds. The molecule has 1 aromatic carbocycles. The topological polar surface area (TPSA) is 65.5 Å². The van der Waals surface area contributed by atoms with Gasteiger partial charge in [-0.15, -0.1) is 11.3 Å². The number of amides is 2. The predicted molar refractivity (Wildman–Crippen MR) is 120 cm³/mol. The zero-order valence-electron chi connectivity index (χ0n) is 17.2. The Morgan fingerprint density at radius 2 is 2.07 bits per heavy atom. The van der Waals surface area contributed by atoms with Crippen molar-refractivity contribution in [1.82, 2.24) is 15.2 Å². The molecule has 2 heterocycles. The highest BCUT2D eigenvalue weighted by molar-refractivity contribution is 7.15. The molecular weight excluding hydrogens is 420 g/mol. The van der Waals surface area contributed by atoms with Crippen molar-refractivity contribution in [3.63, 3.8) is 0 Å². The van der Waals surface area contributed by atoms with Gasteiger partial charge in [-0.25, -0.2) is 4.98 Å². The molecule has 0 saturated carbocycles. The number of halogens is 1. The Balaban J connectivity index is 1.33. The quantitative estimate of drug-likeness (QED) is 0.765. The van der Waals surface area contributed by atoms with Crippen molar-refractivity contribution in [2.75, 3.05) is 31.1 Å². The Labute approximate surface area is 186 Å². The smallest absolute Gasteiger partial charge is 0.223 e. The molecule has 1 atom stereocenters. The fourth-order valence-electron chi connectivity index (χ4n) is 4.07. The Kier molecular flexibility index (Phi) is 6.58. The molecule has 0 spiro atoms. The fourth-order valence-corrected chi connectivity index (χ4v) is 5.52. The largest absolute Gasteiger partial charge is 0.352 e. The van der Waals surface area contributed by atoms with E-state index in [9.17, 15) is 9.59 Å². The van der Waals surface area contributed by atoms with Crippen molar-refractivity contribution in [2.45, 2.75) is 39.2 Å². The minimum absolute atomic E-state index is 0.0102. The monoisotopic (exact) mass is 446 g/mol. The number of hydrogen-bond acceptors (Lipinski definition) is 5. The van der Waals surface area contributed by atoms with Gasteiger partial charge in [0.15, 0.2) is 5.13 Å². The van der Waals surface area contributed by atoms with Crippen LogP contribution in [0.2, 0.25) is 5.02 Å². The first kappa shape index (κ1) is 21.1. The molecule has 8 heteroatoms. The van der Waals surface area contributed by atoms with Crippen LogP contribution >= 0.6 is 22.9 Å². The highest BCUT2D eigenvalue weighted by Crippen LogP contribution is 2.34. The number of aryl methyl sites for hydroxylation is 1. The van der Waals surface area contributed by atoms with E-state index in [-0.39, 0.29) is 17.7 Å². The normalized spacial score (nSPS) is 18.8. The second-order valence-electron chi connectivity index (χ2n) is 7.88. The van der Waals surface area contributed by atoms with E-state index in [0.29, 0.717) is 18.0 Å². The number of fused-ring (bicyclic) bond motifs is 1. The van der Waals surface area contributed by atoms with Gasteiger partial charge in [-0.2, -0.15) is 0 Å². The molecule has 1 aliphatic heterocycles. The number of carbonyl (C=O) groups is 2. The predicted octanol–water partition coefficient (Wildman–Crippen LogP) is 3.28. The molecule has 30 heavy (non-hydrogen) atoms. The van der Waals surface area contributed by atoms with Gasteiger partial charge in [0.2, 0.25) is 11.8 Å². The Hall–Kier alpha value is -2.12. The summed E-state index contributed by atoms with van der Waals surface area (Å²) in [6.45, 7) is 5.56. The first-order valence-electron chi connectivity index (χ1n) is 10.6. The van der Waals surface area contributed by atoms with Gasteiger partial charge >= 0.3 is 0 Å². The molecule has 6 nitrogen and oxygen atoms in total. The lowest BCUT2D eigenvalue weighted by atomic mass is 9.90. The summed E-state index contributed by atoms with van der Waals surface area (Å²) in [6.07, 6.45) is 2.99. The van der Waals surface area contributed by atoms with E-state index >= 15 is 0 Å². The first-order valence-corrected chi connectivity index (χ1v) is 11.8. The fraction of sp³-hybridized carbons (Fsp3) is 0.500. The third-order valence-corrected chi connectivity index (χ3v) is 7.28. The van der Waals surface area contributed by atoms with Gasteiger partial charge in [-0.3, -0.25) is 9.59 Å². The van der Waals surface area contributed by atoms with Crippen LogP contribution in [0.4, 0.5) is 5.13 Å². The van der Waals surface area contributed by atoms with E-state index in [1.807, 2.05) is 36.1 Å². The van der Waals surface area contributed by atoms with Crippen LogP contribution in [0.5, 0.6) is 0 Å². The Morgan fingerprint density at radius 3 is 2.80 bits per heavy atom. The van der Waals surface area contributed by atoms with E-state index in [0.717, 1.165) is 61.8 Å². The molecule has 1 N–H and O–H groups in total. The van der Waals surface area contributed by atoms with Gasteiger partial charge in [0, 0.05) is 55.0 Å². The second-order valence-corrected chi connectivity index (χ2v) is 9.37. The molecule has 0 radical (unpaired) electrons. The molecule has 1 aliphatic carbocycles. The number of thiazole rings is 1. The van der Waals surface area contributed by atoms with Crippen molar-refractivity contribution < 1.29 is 9.59 Å². The summed E-state index contributed by atoms with van der Waals surface area (Å²) in [6, 6.07) is 7.57. The third-order valence-electron chi connectivity index (χ3n) is 5.86. The van der Waals surface area contributed by atoms with Crippen LogP contribution in [0, 0.1) is 5.92 Å². The molecule has 2 aliphatic rings. The maximum Gasteiger partial charge on any atom is 0.223 e. The molecule has 1 aromatic heterocycles. The third kappa shape index (κ3) is 4.78. The Bertz CT molecular complexity index is 924. The molecule has 0 bridgehead atoms. The van der Waals surface area contributed by atoms with Crippen molar-refractivity contribution in [3.05, 3.63) is 45.4 Å². The molecule has 1 saturated heterocycles. The minimum atomic E-state index is -0.0102. The average molecular weight is 447 g/mol. The lowest BCUT2D eigenvalue weighted by Crippen LogP contribution is -2.48. The number of carbonyl (C=O) groups excluding carboxylic acids is 2. The summed E-state index contributed by atoms with van der Waals surface area (Å²) in [7, 11) is 0. The number of anilines is 1. The zero-order chi connectivity index (χ0) is 21.1. The number of rotatable bonds is 5. The SMILES string of the molecule is CCC(=O)N1CCN(c2nc3c(s2)C[C@@H](C(=O)NCc2cccc(Cl)c2)CC3)CC1.